The van der Waals surface area contributed by atoms with Gasteiger partial charge in [-0.25, -0.2) is 29.2 Å². The van der Waals surface area contributed by atoms with E-state index >= 15 is 0 Å². The first-order valence-corrected chi connectivity index (χ1v) is 15.8. The van der Waals surface area contributed by atoms with Crippen molar-refractivity contribution in [1.29, 1.82) is 0 Å². The summed E-state index contributed by atoms with van der Waals surface area (Å²) in [6.45, 7) is 43.2. The maximum absolute atomic E-state index is 11.1. The second-order valence-electron chi connectivity index (χ2n) is 18.2. The summed E-state index contributed by atoms with van der Waals surface area (Å²) < 4.78 is 5.06. The summed E-state index contributed by atoms with van der Waals surface area (Å²) in [7, 11) is 0. The van der Waals surface area contributed by atoms with Gasteiger partial charge >= 0.3 is 12.1 Å². The van der Waals surface area contributed by atoms with Crippen molar-refractivity contribution in [2.45, 2.75) is 219 Å². The van der Waals surface area contributed by atoms with Crippen LogP contribution in [0.1, 0.15) is 174 Å². The summed E-state index contributed by atoms with van der Waals surface area (Å²) in [5.41, 5.74) is 3.55. The van der Waals surface area contributed by atoms with E-state index in [0.717, 1.165) is 0 Å². The number of nitrogens with one attached hydrogen (secondary N) is 3. The summed E-state index contributed by atoms with van der Waals surface area (Å²) >= 11 is 0. The Bertz CT molecular complexity index is 850. The fourth-order valence-corrected chi connectivity index (χ4v) is 1.52. The number of aliphatic hydroxyl groups is 1. The summed E-state index contributed by atoms with van der Waals surface area (Å²) in [5.74, 6) is 0. The number of urea groups is 1. The van der Waals surface area contributed by atoms with Crippen LogP contribution in [0.5, 0.6) is 0 Å². The molecule has 0 saturated carbocycles. The van der Waals surface area contributed by atoms with Crippen molar-refractivity contribution in [2.75, 3.05) is 0 Å². The first-order valence-electron chi connectivity index (χ1n) is 15.8. The van der Waals surface area contributed by atoms with Crippen molar-refractivity contribution in [3.8, 4) is 0 Å². The van der Waals surface area contributed by atoms with Crippen molar-refractivity contribution < 1.29 is 29.0 Å². The zero-order chi connectivity index (χ0) is 39.9. The van der Waals surface area contributed by atoms with Gasteiger partial charge in [0, 0.05) is 22.7 Å². The van der Waals surface area contributed by atoms with Crippen LogP contribution >= 0.6 is 0 Å². The molecular weight excluding hydrogens is 624 g/mol. The smallest absolute Gasteiger partial charge is 0.408 e. The average molecular weight is 709 g/mol. The van der Waals surface area contributed by atoms with Gasteiger partial charge in [-0.3, -0.25) is 0 Å². The zero-order valence-electron chi connectivity index (χ0n) is 34.5. The third-order valence-electron chi connectivity index (χ3n) is 2.55. The minimum absolute atomic E-state index is 0. The fourth-order valence-electron chi connectivity index (χ4n) is 1.52. The molecular formula is C37H84N6O6. The Hall–Kier alpha value is -2.78. The van der Waals surface area contributed by atoms with Gasteiger partial charge in [0.1, 0.15) is 5.60 Å². The number of nitrogens with two attached hydrogens (primary N) is 1. The minimum Gasteiger partial charge on any atom is -0.444 e. The highest BCUT2D eigenvalue weighted by molar-refractivity contribution is 5.74. The summed E-state index contributed by atoms with van der Waals surface area (Å²) in [6, 6.07) is 0.0878. The quantitative estimate of drug-likeness (QED) is 0.133. The van der Waals surface area contributed by atoms with Gasteiger partial charge in [-0.1, -0.05) is 14.9 Å². The summed E-state index contributed by atoms with van der Waals surface area (Å²) in [4.78, 5) is 48.1. The van der Waals surface area contributed by atoms with E-state index in [2.05, 4.69) is 25.9 Å². The van der Waals surface area contributed by atoms with Crippen LogP contribution in [0.25, 0.3) is 0 Å². The molecule has 0 bridgehead atoms. The van der Waals surface area contributed by atoms with Gasteiger partial charge in [-0.15, -0.1) is 0 Å². The normalized spacial score (nSPS) is 11.0. The molecule has 0 aliphatic rings. The Balaban J connectivity index is -0.0000000702. The van der Waals surface area contributed by atoms with Crippen molar-refractivity contribution in [3.63, 3.8) is 0 Å². The van der Waals surface area contributed by atoms with E-state index in [-0.39, 0.29) is 60.7 Å². The van der Waals surface area contributed by atoms with Gasteiger partial charge in [-0.2, -0.15) is 0 Å². The van der Waals surface area contributed by atoms with Gasteiger partial charge in [0.05, 0.1) is 16.7 Å². The predicted octanol–water partition coefficient (Wildman–Crippen LogP) is 8.84. The van der Waals surface area contributed by atoms with E-state index in [9.17, 15) is 19.2 Å². The predicted molar refractivity (Wildman–Crippen MR) is 211 cm³/mol. The van der Waals surface area contributed by atoms with Gasteiger partial charge in [0.25, 0.3) is 0 Å². The van der Waals surface area contributed by atoms with Crippen molar-refractivity contribution in [1.82, 2.24) is 16.0 Å². The largest absolute Gasteiger partial charge is 0.444 e. The maximum Gasteiger partial charge on any atom is 0.408 e. The SMILES string of the molecule is C.C.CC(C)(C)N.CC(C)(C)N=C=O.CC(C)(C)N=C=O.CC(C)(C)NC(=O)OC(C)(C)C.CC(C)(C)O.CC(C)NC(=O)NC(C)(C)C. The lowest BCUT2D eigenvalue weighted by Crippen LogP contribution is -2.48. The Labute approximate surface area is 303 Å². The molecule has 0 rings (SSSR count). The molecule has 0 radical (unpaired) electrons. The van der Waals surface area contributed by atoms with Crippen LogP contribution in [0.2, 0.25) is 0 Å². The third-order valence-corrected chi connectivity index (χ3v) is 2.55. The fraction of sp³-hybridized carbons (Fsp3) is 0.892. The highest BCUT2D eigenvalue weighted by Gasteiger charge is 2.20. The van der Waals surface area contributed by atoms with Crippen molar-refractivity contribution >= 4 is 24.3 Å². The molecule has 298 valence electrons. The van der Waals surface area contributed by atoms with E-state index in [0.29, 0.717) is 0 Å². The summed E-state index contributed by atoms with van der Waals surface area (Å²) in [6.07, 6.45) is 2.60. The van der Waals surface area contributed by atoms with Gasteiger partial charge in [0.2, 0.25) is 12.2 Å². The number of nitrogens with zero attached hydrogens (tertiary/aromatic N) is 2. The Kier molecular flexibility index (Phi) is 36.9. The van der Waals surface area contributed by atoms with E-state index in [1.165, 1.54) is 12.2 Å². The third kappa shape index (κ3) is 144. The maximum atomic E-state index is 11.1. The van der Waals surface area contributed by atoms with Gasteiger partial charge < -0.3 is 31.5 Å². The van der Waals surface area contributed by atoms with Gasteiger partial charge in [-0.05, 0) is 159 Å². The molecule has 12 heteroatoms. The molecule has 0 aliphatic heterocycles. The monoisotopic (exact) mass is 709 g/mol. The van der Waals surface area contributed by atoms with Crippen LogP contribution in [0.15, 0.2) is 9.98 Å². The lowest BCUT2D eigenvalue weighted by Gasteiger charge is -2.25. The molecule has 0 unspecified atom stereocenters. The zero-order valence-corrected chi connectivity index (χ0v) is 34.5. The standard InChI is InChI=1S/C9H19NO2.C8H18N2O.2C5H9NO.C4H11N.C4H10O.2CH4/c1-8(2,3)10-7(11)12-9(4,5)6;1-6(2)9-7(11)10-8(3,4)5;2*1-5(2,3)6-4-7;2*1-4(2,3)5;;/h1-6H3,(H,10,11);6H,1-5H3,(H2,9,10,11);2*1-3H3;5H2,1-3H3;5H,1-3H3;2*1H4. The molecule has 0 fully saturated rings. The first kappa shape index (κ1) is 64.7. The molecule has 12 nitrogen and oxygen atoms in total. The van der Waals surface area contributed by atoms with Crippen LogP contribution < -0.4 is 21.7 Å². The van der Waals surface area contributed by atoms with Crippen LogP contribution in [-0.2, 0) is 14.3 Å². The minimum atomic E-state index is -0.500. The van der Waals surface area contributed by atoms with Crippen molar-refractivity contribution in [3.05, 3.63) is 0 Å². The second kappa shape index (κ2) is 28.0. The molecule has 0 aromatic carbocycles. The lowest BCUT2D eigenvalue weighted by atomic mass is 10.1. The van der Waals surface area contributed by atoms with Crippen molar-refractivity contribution in [2.24, 2.45) is 15.7 Å². The number of carbonyl (C=O) groups is 2. The average Bonchev–Trinajstić information content (AvgIpc) is 2.59. The number of amides is 3. The molecule has 0 aliphatic carbocycles. The first-order chi connectivity index (χ1) is 20.0. The van der Waals surface area contributed by atoms with Crippen LogP contribution in [0.3, 0.4) is 0 Å². The summed E-state index contributed by atoms with van der Waals surface area (Å²) in [5, 5.41) is 16.8. The number of aliphatic imine (C=N–C) groups is 2. The lowest BCUT2D eigenvalue weighted by molar-refractivity contribution is 0.0480. The van der Waals surface area contributed by atoms with E-state index in [1.807, 2.05) is 138 Å². The van der Waals surface area contributed by atoms with Crippen LogP contribution in [-0.4, -0.2) is 74.3 Å². The van der Waals surface area contributed by atoms with Crippen LogP contribution in [0, 0.1) is 0 Å². The Morgan fingerprint density at radius 3 is 1.00 bits per heavy atom. The number of alkyl carbamates (subject to hydrolysis) is 1. The molecule has 0 heterocycles. The van der Waals surface area contributed by atoms with Crippen LogP contribution in [0.4, 0.5) is 9.59 Å². The molecule has 6 N–H and O–H groups in total. The molecule has 0 aromatic rings. The number of hydrogen-bond donors (Lipinski definition) is 5. The van der Waals surface area contributed by atoms with Gasteiger partial charge in [0.15, 0.2) is 0 Å². The number of isocyanates is 2. The van der Waals surface area contributed by atoms with E-state index in [4.69, 9.17) is 15.6 Å². The molecule has 0 atom stereocenters. The molecule has 0 spiro atoms. The number of hydrogen-bond acceptors (Lipinski definition) is 9. The highest BCUT2D eigenvalue weighted by atomic mass is 16.6. The van der Waals surface area contributed by atoms with E-state index < -0.39 is 11.2 Å². The van der Waals surface area contributed by atoms with E-state index in [1.54, 1.807) is 20.8 Å². The molecule has 3 amide bonds. The Morgan fingerprint density at radius 1 is 0.633 bits per heavy atom. The second-order valence-corrected chi connectivity index (χ2v) is 18.2. The topological polar surface area (TPSA) is 185 Å². The molecule has 0 aromatic heterocycles. The number of ether oxygens (including phenoxy) is 1. The number of rotatable bonds is 1. The number of carbonyl (C=O) groups excluding carboxylic acids is 4. The molecule has 49 heavy (non-hydrogen) atoms. The highest BCUT2D eigenvalue weighted by Crippen LogP contribution is 2.08. The molecule has 0 saturated heterocycles. The Morgan fingerprint density at radius 2 is 0.878 bits per heavy atom.